The molecule has 0 spiro atoms. The zero-order chi connectivity index (χ0) is 21.6. The molecule has 0 saturated carbocycles. The van der Waals surface area contributed by atoms with E-state index in [1.807, 2.05) is 53.1 Å². The van der Waals surface area contributed by atoms with Crippen LogP contribution in [0.4, 0.5) is 5.69 Å². The summed E-state index contributed by atoms with van der Waals surface area (Å²) in [4.78, 5) is 12.4. The molecule has 31 heavy (non-hydrogen) atoms. The van der Waals surface area contributed by atoms with E-state index in [-0.39, 0.29) is 17.8 Å². The monoisotopic (exact) mass is 436 g/mol. The van der Waals surface area contributed by atoms with Gasteiger partial charge in [0.1, 0.15) is 6.61 Å². The van der Waals surface area contributed by atoms with Crippen molar-refractivity contribution in [1.82, 2.24) is 14.8 Å². The van der Waals surface area contributed by atoms with Crippen LogP contribution in [0, 0.1) is 0 Å². The van der Waals surface area contributed by atoms with Gasteiger partial charge in [0, 0.05) is 12.2 Å². The Bertz CT molecular complexity index is 1060. The number of carbonyl (C=O) groups excluding carboxylic acids is 1. The normalized spacial score (nSPS) is 14.8. The van der Waals surface area contributed by atoms with Crippen LogP contribution in [0.25, 0.3) is 0 Å². The molecule has 2 heterocycles. The Morgan fingerprint density at radius 1 is 1.23 bits per heavy atom. The molecule has 1 aliphatic rings. The number of anilines is 1. The van der Waals surface area contributed by atoms with Gasteiger partial charge in [-0.15, -0.1) is 16.8 Å². The van der Waals surface area contributed by atoms with E-state index in [1.165, 1.54) is 17.3 Å². The Morgan fingerprint density at radius 3 is 2.74 bits per heavy atom. The lowest BCUT2D eigenvalue weighted by atomic mass is 10.1. The Labute approximate surface area is 185 Å². The second kappa shape index (κ2) is 9.70. The van der Waals surface area contributed by atoms with Gasteiger partial charge in [-0.05, 0) is 36.2 Å². The van der Waals surface area contributed by atoms with E-state index in [0.717, 1.165) is 12.1 Å². The lowest BCUT2D eigenvalue weighted by molar-refractivity contribution is -0.113. The molecule has 2 aromatic carbocycles. The molecule has 0 fully saturated rings. The molecule has 0 aliphatic carbocycles. The van der Waals surface area contributed by atoms with Gasteiger partial charge in [-0.25, -0.2) is 0 Å². The maximum absolute atomic E-state index is 12.4. The van der Waals surface area contributed by atoms with Gasteiger partial charge in [0.15, 0.2) is 28.6 Å². The number of amides is 1. The number of aryl methyl sites for hydroxylation is 1. The highest BCUT2D eigenvalue weighted by Gasteiger charge is 2.28. The number of allylic oxidation sites excluding steroid dienone is 1. The number of rotatable bonds is 8. The van der Waals surface area contributed by atoms with Gasteiger partial charge in [-0.1, -0.05) is 49.0 Å². The van der Waals surface area contributed by atoms with Crippen LogP contribution in [0.1, 0.15) is 24.4 Å². The third-order valence-electron chi connectivity index (χ3n) is 4.83. The van der Waals surface area contributed by atoms with Crippen molar-refractivity contribution < 1.29 is 14.3 Å². The number of para-hydroxylation sites is 2. The van der Waals surface area contributed by atoms with Crippen LogP contribution in [-0.4, -0.2) is 33.0 Å². The van der Waals surface area contributed by atoms with Gasteiger partial charge in [0.05, 0.1) is 5.75 Å². The summed E-state index contributed by atoms with van der Waals surface area (Å²) in [6, 6.07) is 15.4. The average molecular weight is 437 g/mol. The summed E-state index contributed by atoms with van der Waals surface area (Å²) < 4.78 is 13.8. The molecule has 0 radical (unpaired) electrons. The van der Waals surface area contributed by atoms with Gasteiger partial charge < -0.3 is 14.8 Å². The predicted molar refractivity (Wildman–Crippen MR) is 121 cm³/mol. The molecule has 160 valence electrons. The minimum atomic E-state index is -0.386. The Kier molecular flexibility index (Phi) is 6.57. The highest BCUT2D eigenvalue weighted by atomic mass is 32.2. The maximum atomic E-state index is 12.4. The van der Waals surface area contributed by atoms with Gasteiger partial charge >= 0.3 is 0 Å². The fourth-order valence-corrected chi connectivity index (χ4v) is 4.00. The van der Waals surface area contributed by atoms with Crippen LogP contribution < -0.4 is 14.8 Å². The first kappa shape index (κ1) is 21.0. The zero-order valence-corrected chi connectivity index (χ0v) is 18.1. The predicted octanol–water partition coefficient (Wildman–Crippen LogP) is 4.27. The molecule has 1 amide bonds. The number of ether oxygens (including phenoxy) is 2. The minimum Gasteiger partial charge on any atom is -0.485 e. The molecule has 1 unspecified atom stereocenters. The third-order valence-corrected chi connectivity index (χ3v) is 5.80. The summed E-state index contributed by atoms with van der Waals surface area (Å²) >= 11 is 1.33. The number of nitrogens with one attached hydrogen (secondary N) is 1. The molecular weight excluding hydrogens is 412 g/mol. The Balaban J connectivity index is 1.42. The molecule has 4 rings (SSSR count). The van der Waals surface area contributed by atoms with Crippen molar-refractivity contribution >= 4 is 23.4 Å². The number of hydrogen-bond acceptors (Lipinski definition) is 6. The minimum absolute atomic E-state index is 0.102. The fourth-order valence-electron chi connectivity index (χ4n) is 3.24. The fraction of sp³-hybridized carbons (Fsp3) is 0.261. The van der Waals surface area contributed by atoms with Crippen LogP contribution in [0.2, 0.25) is 0 Å². The molecule has 8 heteroatoms. The molecule has 1 aliphatic heterocycles. The summed E-state index contributed by atoms with van der Waals surface area (Å²) in [5, 5.41) is 12.1. The van der Waals surface area contributed by atoms with Crippen molar-refractivity contribution in [2.24, 2.45) is 0 Å². The van der Waals surface area contributed by atoms with E-state index < -0.39 is 0 Å². The molecule has 1 N–H and O–H groups in total. The van der Waals surface area contributed by atoms with E-state index in [4.69, 9.17) is 9.47 Å². The SMILES string of the molecule is C=CCn1c(SCC(=O)Nc2ccc(CC)cc2)nnc1C1COc2ccccc2O1. The number of hydrogen-bond donors (Lipinski definition) is 1. The van der Waals surface area contributed by atoms with Crippen molar-refractivity contribution in [1.29, 1.82) is 0 Å². The topological polar surface area (TPSA) is 78.3 Å². The van der Waals surface area contributed by atoms with Crippen molar-refractivity contribution in [3.63, 3.8) is 0 Å². The van der Waals surface area contributed by atoms with Crippen molar-refractivity contribution in [2.75, 3.05) is 17.7 Å². The first-order chi connectivity index (χ1) is 15.2. The highest BCUT2D eigenvalue weighted by molar-refractivity contribution is 7.99. The van der Waals surface area contributed by atoms with Crippen LogP contribution in [-0.2, 0) is 17.8 Å². The van der Waals surface area contributed by atoms with Crippen molar-refractivity contribution in [2.45, 2.75) is 31.1 Å². The standard InChI is InChI=1S/C23H24N4O3S/c1-3-13-27-22(20-14-29-18-7-5-6-8-19(18)30-20)25-26-23(27)31-15-21(28)24-17-11-9-16(4-2)10-12-17/h3,5-12,20H,1,4,13-15H2,2H3,(H,24,28). The summed E-state index contributed by atoms with van der Waals surface area (Å²) in [6.07, 6.45) is 2.35. The third kappa shape index (κ3) is 4.91. The van der Waals surface area contributed by atoms with Gasteiger partial charge in [0.25, 0.3) is 0 Å². The molecule has 0 saturated heterocycles. The second-order valence-electron chi connectivity index (χ2n) is 6.99. The van der Waals surface area contributed by atoms with Crippen molar-refractivity contribution in [3.05, 3.63) is 72.6 Å². The van der Waals surface area contributed by atoms with E-state index in [1.54, 1.807) is 6.08 Å². The average Bonchev–Trinajstić information content (AvgIpc) is 3.20. The summed E-state index contributed by atoms with van der Waals surface area (Å²) in [5.74, 6) is 2.15. The van der Waals surface area contributed by atoms with Gasteiger partial charge in [-0.2, -0.15) is 0 Å². The zero-order valence-electron chi connectivity index (χ0n) is 17.3. The lowest BCUT2D eigenvalue weighted by Crippen LogP contribution is -2.25. The highest BCUT2D eigenvalue weighted by Crippen LogP contribution is 2.36. The van der Waals surface area contributed by atoms with Crippen LogP contribution in [0.3, 0.4) is 0 Å². The van der Waals surface area contributed by atoms with Gasteiger partial charge in [-0.3, -0.25) is 9.36 Å². The summed E-state index contributed by atoms with van der Waals surface area (Å²) in [7, 11) is 0. The van der Waals surface area contributed by atoms with Crippen molar-refractivity contribution in [3.8, 4) is 11.5 Å². The Morgan fingerprint density at radius 2 is 2.00 bits per heavy atom. The number of benzene rings is 2. The number of thioether (sulfide) groups is 1. The number of fused-ring (bicyclic) bond motifs is 1. The summed E-state index contributed by atoms with van der Waals surface area (Å²) in [6.45, 7) is 6.77. The first-order valence-electron chi connectivity index (χ1n) is 10.1. The maximum Gasteiger partial charge on any atom is 0.234 e. The second-order valence-corrected chi connectivity index (χ2v) is 7.93. The molecule has 1 atom stereocenters. The van der Waals surface area contributed by atoms with E-state index in [2.05, 4.69) is 29.0 Å². The molecular formula is C23H24N4O3S. The lowest BCUT2D eigenvalue weighted by Gasteiger charge is -2.26. The first-order valence-corrected chi connectivity index (χ1v) is 11.1. The van der Waals surface area contributed by atoms with E-state index >= 15 is 0 Å². The van der Waals surface area contributed by atoms with E-state index in [0.29, 0.717) is 35.6 Å². The van der Waals surface area contributed by atoms with E-state index in [9.17, 15) is 4.79 Å². The van der Waals surface area contributed by atoms with Crippen LogP contribution >= 0.6 is 11.8 Å². The molecule has 7 nitrogen and oxygen atoms in total. The molecule has 1 aromatic heterocycles. The van der Waals surface area contributed by atoms with Crippen LogP contribution in [0.5, 0.6) is 11.5 Å². The molecule has 3 aromatic rings. The number of carbonyl (C=O) groups is 1. The quantitative estimate of drug-likeness (QED) is 0.420. The largest absolute Gasteiger partial charge is 0.485 e. The molecule has 0 bridgehead atoms. The number of nitrogens with zero attached hydrogens (tertiary/aromatic N) is 3. The van der Waals surface area contributed by atoms with Gasteiger partial charge in [0.2, 0.25) is 5.91 Å². The summed E-state index contributed by atoms with van der Waals surface area (Å²) in [5.41, 5.74) is 2.01. The smallest absolute Gasteiger partial charge is 0.234 e. The number of aromatic nitrogens is 3. The van der Waals surface area contributed by atoms with Crippen LogP contribution in [0.15, 0.2) is 66.3 Å². The Hall–Kier alpha value is -3.26.